The van der Waals surface area contributed by atoms with Gasteiger partial charge in [-0.05, 0) is 12.1 Å². The molecule has 2 heterocycles. The predicted octanol–water partition coefficient (Wildman–Crippen LogP) is 1.51. The summed E-state index contributed by atoms with van der Waals surface area (Å²) < 4.78 is 7.57. The van der Waals surface area contributed by atoms with Gasteiger partial charge in [0, 0.05) is 43.5 Å². The van der Waals surface area contributed by atoms with E-state index in [1.807, 2.05) is 18.2 Å². The molecule has 0 aliphatic rings. The second-order valence-electron chi connectivity index (χ2n) is 6.15. The molecule has 28 heavy (non-hydrogen) atoms. The van der Waals surface area contributed by atoms with E-state index >= 15 is 0 Å². The first-order valence-corrected chi connectivity index (χ1v) is 9.46. The standard InChI is InChI=1S/C19H20N4O4S/c1-22-17-15(18(25)23(2)19(22)26)16(12(9-20-17)10-27-3)28-11-14(24)21-13-7-5-4-6-8-13/h4-9H,10-11H2,1-3H3,(H,21,24). The van der Waals surface area contributed by atoms with Crippen LogP contribution < -0.4 is 16.6 Å². The number of nitrogens with zero attached hydrogens (tertiary/aromatic N) is 3. The number of amides is 1. The summed E-state index contributed by atoms with van der Waals surface area (Å²) in [7, 11) is 4.52. The fourth-order valence-electron chi connectivity index (χ4n) is 2.82. The van der Waals surface area contributed by atoms with Crippen molar-refractivity contribution < 1.29 is 9.53 Å². The molecule has 0 unspecified atom stereocenters. The first kappa shape index (κ1) is 19.8. The number of rotatable bonds is 6. The normalized spacial score (nSPS) is 11.0. The van der Waals surface area contributed by atoms with Crippen LogP contribution in [0.2, 0.25) is 0 Å². The zero-order chi connectivity index (χ0) is 20.3. The van der Waals surface area contributed by atoms with E-state index in [0.717, 1.165) is 4.57 Å². The highest BCUT2D eigenvalue weighted by Crippen LogP contribution is 2.28. The molecule has 0 fully saturated rings. The number of fused-ring (bicyclic) bond motifs is 1. The van der Waals surface area contributed by atoms with E-state index in [1.165, 1.54) is 23.4 Å². The number of benzene rings is 1. The molecule has 0 spiro atoms. The van der Waals surface area contributed by atoms with E-state index in [-0.39, 0.29) is 23.9 Å². The quantitative estimate of drug-likeness (QED) is 0.630. The number of anilines is 1. The minimum absolute atomic E-state index is 0.0940. The largest absolute Gasteiger partial charge is 0.380 e. The number of methoxy groups -OCH3 is 1. The number of nitrogens with one attached hydrogen (secondary N) is 1. The summed E-state index contributed by atoms with van der Waals surface area (Å²) in [5, 5.41) is 3.12. The number of para-hydroxylation sites is 1. The van der Waals surface area contributed by atoms with Gasteiger partial charge in [-0.15, -0.1) is 11.8 Å². The Balaban J connectivity index is 2.00. The van der Waals surface area contributed by atoms with Gasteiger partial charge in [-0.2, -0.15) is 0 Å². The van der Waals surface area contributed by atoms with Crippen LogP contribution in [0.25, 0.3) is 11.0 Å². The van der Waals surface area contributed by atoms with Crippen molar-refractivity contribution in [2.45, 2.75) is 11.5 Å². The van der Waals surface area contributed by atoms with Crippen molar-refractivity contribution in [3.8, 4) is 0 Å². The van der Waals surface area contributed by atoms with E-state index in [0.29, 0.717) is 21.5 Å². The van der Waals surface area contributed by atoms with Crippen LogP contribution in [0, 0.1) is 0 Å². The van der Waals surface area contributed by atoms with Gasteiger partial charge in [0.05, 0.1) is 17.7 Å². The molecule has 146 valence electrons. The summed E-state index contributed by atoms with van der Waals surface area (Å²) in [5.41, 5.74) is 0.752. The Labute approximate surface area is 165 Å². The number of carbonyl (C=O) groups excluding carboxylic acids is 1. The number of hydrogen-bond acceptors (Lipinski definition) is 6. The molecule has 0 radical (unpaired) electrons. The van der Waals surface area contributed by atoms with Crippen molar-refractivity contribution in [2.24, 2.45) is 14.1 Å². The third kappa shape index (κ3) is 3.85. The molecule has 1 aromatic carbocycles. The zero-order valence-corrected chi connectivity index (χ0v) is 16.6. The summed E-state index contributed by atoms with van der Waals surface area (Å²) in [6.07, 6.45) is 1.57. The molecular formula is C19H20N4O4S. The average Bonchev–Trinajstić information content (AvgIpc) is 2.70. The highest BCUT2D eigenvalue weighted by atomic mass is 32.2. The van der Waals surface area contributed by atoms with Crippen LogP contribution in [-0.2, 0) is 30.2 Å². The zero-order valence-electron chi connectivity index (χ0n) is 15.8. The number of aromatic nitrogens is 3. The van der Waals surface area contributed by atoms with Gasteiger partial charge in [0.25, 0.3) is 5.56 Å². The van der Waals surface area contributed by atoms with E-state index in [1.54, 1.807) is 32.5 Å². The average molecular weight is 400 g/mol. The maximum atomic E-state index is 12.8. The van der Waals surface area contributed by atoms with Gasteiger partial charge < -0.3 is 10.1 Å². The summed E-state index contributed by atoms with van der Waals surface area (Å²) in [6, 6.07) is 9.13. The van der Waals surface area contributed by atoms with Gasteiger partial charge in [-0.3, -0.25) is 18.7 Å². The molecular weight excluding hydrogens is 380 g/mol. The topological polar surface area (TPSA) is 95.2 Å². The summed E-state index contributed by atoms with van der Waals surface area (Å²) in [6.45, 7) is 0.234. The highest BCUT2D eigenvalue weighted by Gasteiger charge is 2.18. The maximum absolute atomic E-state index is 12.8. The maximum Gasteiger partial charge on any atom is 0.332 e. The Morgan fingerprint density at radius 3 is 2.57 bits per heavy atom. The molecule has 3 aromatic rings. The molecule has 0 aliphatic heterocycles. The van der Waals surface area contributed by atoms with Crippen molar-refractivity contribution >= 4 is 34.4 Å². The third-order valence-electron chi connectivity index (χ3n) is 4.20. The molecule has 0 saturated heterocycles. The van der Waals surface area contributed by atoms with Crippen LogP contribution in [0.3, 0.4) is 0 Å². The fourth-order valence-corrected chi connectivity index (χ4v) is 3.79. The minimum Gasteiger partial charge on any atom is -0.380 e. The lowest BCUT2D eigenvalue weighted by atomic mass is 10.2. The van der Waals surface area contributed by atoms with Gasteiger partial charge in [-0.25, -0.2) is 9.78 Å². The molecule has 0 bridgehead atoms. The molecule has 2 aromatic heterocycles. The van der Waals surface area contributed by atoms with Gasteiger partial charge in [0.1, 0.15) is 5.65 Å². The number of aryl methyl sites for hydroxylation is 1. The van der Waals surface area contributed by atoms with E-state index < -0.39 is 11.2 Å². The van der Waals surface area contributed by atoms with Crippen molar-refractivity contribution in [1.82, 2.24) is 14.1 Å². The first-order chi connectivity index (χ1) is 13.4. The van der Waals surface area contributed by atoms with E-state index in [4.69, 9.17) is 4.74 Å². The van der Waals surface area contributed by atoms with Crippen LogP contribution in [0.15, 0.2) is 51.0 Å². The molecule has 9 heteroatoms. The van der Waals surface area contributed by atoms with E-state index in [2.05, 4.69) is 10.3 Å². The third-order valence-corrected chi connectivity index (χ3v) is 5.36. The number of hydrogen-bond donors (Lipinski definition) is 1. The lowest BCUT2D eigenvalue weighted by molar-refractivity contribution is -0.113. The SMILES string of the molecule is COCc1cnc2c(c1SCC(=O)Nc1ccccc1)c(=O)n(C)c(=O)n2C. The Hall–Kier alpha value is -2.91. The lowest BCUT2D eigenvalue weighted by Gasteiger charge is -2.14. The second-order valence-corrected chi connectivity index (χ2v) is 7.14. The summed E-state index contributed by atoms with van der Waals surface area (Å²) in [5.74, 6) is -0.109. The second kappa shape index (κ2) is 8.41. The first-order valence-electron chi connectivity index (χ1n) is 8.48. The lowest BCUT2D eigenvalue weighted by Crippen LogP contribution is -2.37. The monoisotopic (exact) mass is 400 g/mol. The Morgan fingerprint density at radius 2 is 1.89 bits per heavy atom. The molecule has 3 rings (SSSR count). The predicted molar refractivity (Wildman–Crippen MR) is 109 cm³/mol. The molecule has 1 N–H and O–H groups in total. The molecule has 1 amide bonds. The smallest absolute Gasteiger partial charge is 0.332 e. The summed E-state index contributed by atoms with van der Waals surface area (Å²) >= 11 is 1.22. The van der Waals surface area contributed by atoms with Crippen LogP contribution in [0.4, 0.5) is 5.69 Å². The van der Waals surface area contributed by atoms with Gasteiger partial charge in [0.15, 0.2) is 0 Å². The number of pyridine rings is 1. The van der Waals surface area contributed by atoms with Crippen molar-refractivity contribution in [3.63, 3.8) is 0 Å². The number of thioether (sulfide) groups is 1. The molecule has 0 aliphatic carbocycles. The summed E-state index contributed by atoms with van der Waals surface area (Å²) in [4.78, 5) is 42.2. The van der Waals surface area contributed by atoms with Crippen molar-refractivity contribution in [1.29, 1.82) is 0 Å². The molecule has 0 saturated carbocycles. The Morgan fingerprint density at radius 1 is 1.18 bits per heavy atom. The molecule has 8 nitrogen and oxygen atoms in total. The minimum atomic E-state index is -0.456. The van der Waals surface area contributed by atoms with Gasteiger partial charge in [0.2, 0.25) is 5.91 Å². The van der Waals surface area contributed by atoms with Crippen LogP contribution in [0.5, 0.6) is 0 Å². The van der Waals surface area contributed by atoms with Crippen LogP contribution in [-0.4, -0.2) is 32.9 Å². The van der Waals surface area contributed by atoms with Crippen LogP contribution >= 0.6 is 11.8 Å². The Kier molecular flexibility index (Phi) is 5.96. The van der Waals surface area contributed by atoms with E-state index in [9.17, 15) is 14.4 Å². The van der Waals surface area contributed by atoms with Gasteiger partial charge in [-0.1, -0.05) is 18.2 Å². The van der Waals surface area contributed by atoms with Gasteiger partial charge >= 0.3 is 5.69 Å². The number of ether oxygens (including phenoxy) is 1. The highest BCUT2D eigenvalue weighted by molar-refractivity contribution is 8.00. The number of carbonyl (C=O) groups is 1. The van der Waals surface area contributed by atoms with Crippen molar-refractivity contribution in [2.75, 3.05) is 18.2 Å². The Bertz CT molecular complexity index is 1140. The van der Waals surface area contributed by atoms with Crippen molar-refractivity contribution in [3.05, 3.63) is 62.9 Å². The van der Waals surface area contributed by atoms with Crippen LogP contribution in [0.1, 0.15) is 5.56 Å². The molecule has 0 atom stereocenters. The fraction of sp³-hybridized carbons (Fsp3) is 0.263.